The lowest BCUT2D eigenvalue weighted by Crippen LogP contribution is -2.12. The first-order valence-electron chi connectivity index (χ1n) is 8.27. The summed E-state index contributed by atoms with van der Waals surface area (Å²) in [7, 11) is 0. The number of ether oxygens (including phenoxy) is 3. The second-order valence-electron chi connectivity index (χ2n) is 5.58. The molecule has 1 aromatic carbocycles. The molecule has 1 heterocycles. The van der Waals surface area contributed by atoms with Crippen molar-refractivity contribution >= 4 is 34.8 Å². The Labute approximate surface area is 180 Å². The van der Waals surface area contributed by atoms with Crippen LogP contribution in [0.4, 0.5) is 13.2 Å². The maximum atomic E-state index is 12.7. The molecule has 0 radical (unpaired) electrons. The third-order valence-corrected chi connectivity index (χ3v) is 3.90. The number of aromatic nitrogens is 2. The molecule has 0 bridgehead atoms. The second-order valence-corrected chi connectivity index (χ2v) is 7.00. The Morgan fingerprint density at radius 2 is 1.79 bits per heavy atom. The quantitative estimate of drug-likeness (QED) is 0.420. The van der Waals surface area contributed by atoms with Crippen LogP contribution in [0.3, 0.4) is 0 Å². The number of benzene rings is 1. The van der Waals surface area contributed by atoms with Gasteiger partial charge in [0.25, 0.3) is 0 Å². The predicted octanol–water partition coefficient (Wildman–Crippen LogP) is 6.00. The molecule has 158 valence electrons. The standard InChI is InChI=1S/C18H16Cl3F3N2O3/c1-11-25-15(18(22,23)24)10-17(26-11)29-7-2-6-28-14-4-3-12(9-13(14)19)27-8-5-16(20)21/h3-5,9-10H,2,6-8H2,1H3. The van der Waals surface area contributed by atoms with E-state index in [1.165, 1.54) is 13.0 Å². The van der Waals surface area contributed by atoms with E-state index in [1.807, 2.05) is 0 Å². The lowest BCUT2D eigenvalue weighted by molar-refractivity contribution is -0.141. The molecule has 0 fully saturated rings. The summed E-state index contributed by atoms with van der Waals surface area (Å²) in [4.78, 5) is 7.18. The van der Waals surface area contributed by atoms with Crippen LogP contribution in [0.1, 0.15) is 17.9 Å². The monoisotopic (exact) mass is 470 g/mol. The molecular formula is C18H16Cl3F3N2O3. The highest BCUT2D eigenvalue weighted by atomic mass is 35.5. The fraction of sp³-hybridized carbons (Fsp3) is 0.333. The first-order valence-corrected chi connectivity index (χ1v) is 9.40. The van der Waals surface area contributed by atoms with Crippen molar-refractivity contribution in [3.63, 3.8) is 0 Å². The van der Waals surface area contributed by atoms with Crippen molar-refractivity contribution in [1.82, 2.24) is 9.97 Å². The van der Waals surface area contributed by atoms with E-state index in [4.69, 9.17) is 49.0 Å². The van der Waals surface area contributed by atoms with Gasteiger partial charge in [-0.15, -0.1) is 0 Å². The Bertz CT molecular complexity index is 860. The van der Waals surface area contributed by atoms with E-state index in [1.54, 1.807) is 18.2 Å². The van der Waals surface area contributed by atoms with Gasteiger partial charge in [0, 0.05) is 18.6 Å². The summed E-state index contributed by atoms with van der Waals surface area (Å²) in [5.74, 6) is 0.776. The normalized spacial score (nSPS) is 11.1. The van der Waals surface area contributed by atoms with Crippen molar-refractivity contribution in [2.24, 2.45) is 0 Å². The Hall–Kier alpha value is -1.90. The van der Waals surface area contributed by atoms with Crippen molar-refractivity contribution in [2.75, 3.05) is 19.8 Å². The highest BCUT2D eigenvalue weighted by molar-refractivity contribution is 6.55. The molecule has 11 heteroatoms. The number of nitrogens with zero attached hydrogens (tertiary/aromatic N) is 2. The maximum absolute atomic E-state index is 12.7. The van der Waals surface area contributed by atoms with Gasteiger partial charge in [0.05, 0.1) is 18.2 Å². The van der Waals surface area contributed by atoms with Gasteiger partial charge in [-0.2, -0.15) is 18.2 Å². The summed E-state index contributed by atoms with van der Waals surface area (Å²) in [5, 5.41) is 0.339. The van der Waals surface area contributed by atoms with Crippen molar-refractivity contribution in [1.29, 1.82) is 0 Å². The van der Waals surface area contributed by atoms with E-state index in [2.05, 4.69) is 9.97 Å². The van der Waals surface area contributed by atoms with Crippen molar-refractivity contribution in [3.8, 4) is 17.4 Å². The molecule has 1 aromatic heterocycles. The molecule has 0 saturated carbocycles. The summed E-state index contributed by atoms with van der Waals surface area (Å²) in [6.45, 7) is 1.90. The van der Waals surface area contributed by atoms with Crippen molar-refractivity contribution in [3.05, 3.63) is 51.4 Å². The minimum Gasteiger partial charge on any atom is -0.492 e. The van der Waals surface area contributed by atoms with Gasteiger partial charge in [0.15, 0.2) is 5.69 Å². The van der Waals surface area contributed by atoms with E-state index in [0.29, 0.717) is 22.9 Å². The van der Waals surface area contributed by atoms with Crippen LogP contribution in [0.15, 0.2) is 34.8 Å². The lowest BCUT2D eigenvalue weighted by Gasteiger charge is -2.11. The highest BCUT2D eigenvalue weighted by Gasteiger charge is 2.33. The Morgan fingerprint density at radius 3 is 2.45 bits per heavy atom. The fourth-order valence-electron chi connectivity index (χ4n) is 2.07. The van der Waals surface area contributed by atoms with Crippen molar-refractivity contribution in [2.45, 2.75) is 19.5 Å². The summed E-state index contributed by atoms with van der Waals surface area (Å²) in [6.07, 6.45) is -2.68. The Kier molecular flexibility index (Phi) is 8.67. The Morgan fingerprint density at radius 1 is 1.07 bits per heavy atom. The van der Waals surface area contributed by atoms with E-state index >= 15 is 0 Å². The van der Waals surface area contributed by atoms with Gasteiger partial charge < -0.3 is 14.2 Å². The van der Waals surface area contributed by atoms with Gasteiger partial charge in [-0.1, -0.05) is 34.8 Å². The lowest BCUT2D eigenvalue weighted by atomic mass is 10.3. The average molecular weight is 472 g/mol. The summed E-state index contributed by atoms with van der Waals surface area (Å²) in [5.41, 5.74) is -1.05. The van der Waals surface area contributed by atoms with Gasteiger partial charge in [-0.05, 0) is 25.1 Å². The summed E-state index contributed by atoms with van der Waals surface area (Å²) >= 11 is 17.1. The van der Waals surface area contributed by atoms with E-state index in [-0.39, 0.29) is 36.0 Å². The second kappa shape index (κ2) is 10.8. The third-order valence-electron chi connectivity index (χ3n) is 3.29. The summed E-state index contributed by atoms with van der Waals surface area (Å²) in [6, 6.07) is 5.63. The zero-order valence-corrected chi connectivity index (χ0v) is 17.4. The van der Waals surface area contributed by atoms with Crippen LogP contribution >= 0.6 is 34.8 Å². The van der Waals surface area contributed by atoms with Gasteiger partial charge in [0.2, 0.25) is 5.88 Å². The average Bonchev–Trinajstić information content (AvgIpc) is 2.61. The highest BCUT2D eigenvalue weighted by Crippen LogP contribution is 2.30. The minimum atomic E-state index is -4.56. The van der Waals surface area contributed by atoms with Gasteiger partial charge in [0.1, 0.15) is 28.4 Å². The first kappa shape index (κ1) is 23.4. The van der Waals surface area contributed by atoms with Crippen LogP contribution in [0.25, 0.3) is 0 Å². The molecule has 0 aliphatic heterocycles. The molecule has 0 spiro atoms. The molecule has 0 saturated heterocycles. The molecule has 5 nitrogen and oxygen atoms in total. The molecule has 0 aliphatic carbocycles. The Balaban J connectivity index is 1.79. The van der Waals surface area contributed by atoms with E-state index < -0.39 is 11.9 Å². The van der Waals surface area contributed by atoms with Gasteiger partial charge in [-0.25, -0.2) is 4.98 Å². The van der Waals surface area contributed by atoms with Crippen LogP contribution in [0.5, 0.6) is 17.4 Å². The number of hydrogen-bond donors (Lipinski definition) is 0. The number of hydrogen-bond acceptors (Lipinski definition) is 5. The molecule has 29 heavy (non-hydrogen) atoms. The molecule has 0 amide bonds. The number of alkyl halides is 3. The summed E-state index contributed by atoms with van der Waals surface area (Å²) < 4.78 is 54.5. The number of aryl methyl sites for hydroxylation is 1. The molecule has 2 aromatic rings. The predicted molar refractivity (Wildman–Crippen MR) is 104 cm³/mol. The fourth-order valence-corrected chi connectivity index (χ4v) is 2.42. The van der Waals surface area contributed by atoms with Gasteiger partial charge in [-0.3, -0.25) is 0 Å². The number of halogens is 6. The largest absolute Gasteiger partial charge is 0.492 e. The number of rotatable bonds is 9. The molecule has 0 N–H and O–H groups in total. The topological polar surface area (TPSA) is 53.5 Å². The molecule has 0 aliphatic rings. The molecular weight excluding hydrogens is 456 g/mol. The smallest absolute Gasteiger partial charge is 0.433 e. The van der Waals surface area contributed by atoms with E-state index in [0.717, 1.165) is 6.07 Å². The van der Waals surface area contributed by atoms with Crippen LogP contribution in [-0.2, 0) is 6.18 Å². The zero-order valence-electron chi connectivity index (χ0n) is 15.1. The molecule has 0 unspecified atom stereocenters. The third kappa shape index (κ3) is 8.16. The van der Waals surface area contributed by atoms with Crippen LogP contribution in [0.2, 0.25) is 5.02 Å². The SMILES string of the molecule is Cc1nc(OCCCOc2ccc(OCC=C(Cl)Cl)cc2Cl)cc(C(F)(F)F)n1. The molecule has 2 rings (SSSR count). The first-order chi connectivity index (χ1) is 13.6. The maximum Gasteiger partial charge on any atom is 0.433 e. The zero-order chi connectivity index (χ0) is 21.4. The van der Waals surface area contributed by atoms with Crippen molar-refractivity contribution < 1.29 is 27.4 Å². The van der Waals surface area contributed by atoms with Crippen LogP contribution in [0, 0.1) is 6.92 Å². The minimum absolute atomic E-state index is 0.0241. The van der Waals surface area contributed by atoms with Crippen LogP contribution < -0.4 is 14.2 Å². The van der Waals surface area contributed by atoms with Gasteiger partial charge >= 0.3 is 6.18 Å². The van der Waals surface area contributed by atoms with E-state index in [9.17, 15) is 13.2 Å². The molecule has 0 atom stereocenters. The van der Waals surface area contributed by atoms with Crippen LogP contribution in [-0.4, -0.2) is 29.8 Å².